The molecular weight excluding hydrogens is 427 g/mol. The number of hydrogen-bond acceptors (Lipinski definition) is 6. The summed E-state index contributed by atoms with van der Waals surface area (Å²) in [6, 6.07) is 11.5. The number of anilines is 1. The third-order valence-electron chi connectivity index (χ3n) is 5.70. The maximum Gasteiger partial charge on any atom is 0.296 e. The monoisotopic (exact) mass is 446 g/mol. The second-order valence-electron chi connectivity index (χ2n) is 7.70. The first kappa shape index (κ1) is 20.7. The van der Waals surface area contributed by atoms with E-state index in [1.807, 2.05) is 13.0 Å². The van der Waals surface area contributed by atoms with Crippen molar-refractivity contribution in [3.05, 3.63) is 93.2 Å². The number of carbonyl (C=O) groups is 1. The van der Waals surface area contributed by atoms with E-state index in [0.717, 1.165) is 11.6 Å². The highest BCUT2D eigenvalue weighted by Crippen LogP contribution is 2.42. The molecule has 4 aromatic rings. The van der Waals surface area contributed by atoms with Gasteiger partial charge in [-0.15, -0.1) is 0 Å². The van der Waals surface area contributed by atoms with Gasteiger partial charge in [-0.1, -0.05) is 6.07 Å². The molecular formula is C25H19FN2O5. The molecule has 2 aromatic carbocycles. The first-order valence-corrected chi connectivity index (χ1v) is 10.2. The van der Waals surface area contributed by atoms with Crippen LogP contribution in [0.4, 0.5) is 10.2 Å². The average Bonchev–Trinajstić information content (AvgIpc) is 3.11. The SMILES string of the molecule is COc1ccc(C2c3c(oc4ccc(F)cc4c3=O)C(=O)N2c2cc(C)ccn2)cc1OC. The van der Waals surface area contributed by atoms with Crippen LogP contribution in [-0.4, -0.2) is 25.1 Å². The van der Waals surface area contributed by atoms with Gasteiger partial charge >= 0.3 is 0 Å². The molecule has 2 aromatic heterocycles. The summed E-state index contributed by atoms with van der Waals surface area (Å²) >= 11 is 0. The minimum absolute atomic E-state index is 0.0612. The fraction of sp³-hybridized carbons (Fsp3) is 0.160. The zero-order valence-electron chi connectivity index (χ0n) is 18.1. The summed E-state index contributed by atoms with van der Waals surface area (Å²) in [6.07, 6.45) is 1.59. The van der Waals surface area contributed by atoms with E-state index in [0.29, 0.717) is 22.9 Å². The first-order valence-electron chi connectivity index (χ1n) is 10.2. The minimum atomic E-state index is -0.856. The van der Waals surface area contributed by atoms with Gasteiger partial charge in [-0.3, -0.25) is 14.5 Å². The van der Waals surface area contributed by atoms with Crippen LogP contribution in [0.3, 0.4) is 0 Å². The van der Waals surface area contributed by atoms with Gasteiger partial charge in [0.25, 0.3) is 5.91 Å². The van der Waals surface area contributed by atoms with E-state index in [4.69, 9.17) is 13.9 Å². The Balaban J connectivity index is 1.82. The topological polar surface area (TPSA) is 81.9 Å². The molecule has 0 saturated carbocycles. The molecule has 0 saturated heterocycles. The second kappa shape index (κ2) is 7.74. The lowest BCUT2D eigenvalue weighted by Crippen LogP contribution is -2.30. The number of pyridine rings is 1. The molecule has 0 bridgehead atoms. The van der Waals surface area contributed by atoms with Crippen LogP contribution in [0.2, 0.25) is 0 Å². The molecule has 1 amide bonds. The number of methoxy groups -OCH3 is 2. The lowest BCUT2D eigenvalue weighted by Gasteiger charge is -2.25. The molecule has 1 atom stereocenters. The van der Waals surface area contributed by atoms with Gasteiger partial charge in [-0.2, -0.15) is 0 Å². The van der Waals surface area contributed by atoms with Gasteiger partial charge in [-0.25, -0.2) is 9.37 Å². The standard InChI is InChI=1S/C25H19FN2O5/c1-13-8-9-27-20(10-13)28-22(14-4-6-18(31-2)19(11-14)32-3)21-23(29)16-12-15(26)5-7-17(16)33-24(21)25(28)30/h4-12,22H,1-3H3. The number of amides is 1. The number of hydrogen-bond donors (Lipinski definition) is 0. The Hall–Kier alpha value is -4.20. The van der Waals surface area contributed by atoms with Gasteiger partial charge in [-0.05, 0) is 60.5 Å². The Bertz CT molecular complexity index is 1480. The average molecular weight is 446 g/mol. The summed E-state index contributed by atoms with van der Waals surface area (Å²) in [5, 5.41) is 0.0612. The zero-order valence-corrected chi connectivity index (χ0v) is 18.1. The highest BCUT2D eigenvalue weighted by Gasteiger charge is 2.44. The summed E-state index contributed by atoms with van der Waals surface area (Å²) in [5.41, 5.74) is 1.26. The highest BCUT2D eigenvalue weighted by molar-refractivity contribution is 6.10. The Labute approximate surface area is 188 Å². The summed E-state index contributed by atoms with van der Waals surface area (Å²) in [4.78, 5) is 32.9. The van der Waals surface area contributed by atoms with Crippen molar-refractivity contribution in [1.29, 1.82) is 0 Å². The van der Waals surface area contributed by atoms with Crippen molar-refractivity contribution < 1.29 is 23.1 Å². The molecule has 8 heteroatoms. The number of aromatic nitrogens is 1. The van der Waals surface area contributed by atoms with Gasteiger partial charge in [0.05, 0.1) is 31.2 Å². The predicted octanol–water partition coefficient (Wildman–Crippen LogP) is 4.40. The molecule has 0 N–H and O–H groups in total. The normalized spacial score (nSPS) is 15.1. The van der Waals surface area contributed by atoms with Crippen LogP contribution in [0.15, 0.2) is 63.9 Å². The van der Waals surface area contributed by atoms with Crippen molar-refractivity contribution in [3.63, 3.8) is 0 Å². The van der Waals surface area contributed by atoms with E-state index in [9.17, 15) is 14.0 Å². The summed E-state index contributed by atoms with van der Waals surface area (Å²) in [7, 11) is 3.02. The number of halogens is 1. The highest BCUT2D eigenvalue weighted by atomic mass is 19.1. The van der Waals surface area contributed by atoms with Crippen LogP contribution >= 0.6 is 0 Å². The van der Waals surface area contributed by atoms with Gasteiger partial charge in [0.2, 0.25) is 5.76 Å². The molecule has 1 aliphatic heterocycles. The molecule has 3 heterocycles. The van der Waals surface area contributed by atoms with E-state index < -0.39 is 23.2 Å². The number of benzene rings is 2. The summed E-state index contributed by atoms with van der Waals surface area (Å²) in [5.74, 6) is 0.121. The predicted molar refractivity (Wildman–Crippen MR) is 120 cm³/mol. The Morgan fingerprint density at radius 2 is 1.79 bits per heavy atom. The van der Waals surface area contributed by atoms with Gasteiger partial charge in [0.1, 0.15) is 17.2 Å². The van der Waals surface area contributed by atoms with Crippen molar-refractivity contribution in [1.82, 2.24) is 4.98 Å². The maximum atomic E-state index is 13.9. The smallest absolute Gasteiger partial charge is 0.296 e. The Morgan fingerprint density at radius 1 is 1.00 bits per heavy atom. The fourth-order valence-corrected chi connectivity index (χ4v) is 4.17. The van der Waals surface area contributed by atoms with Crippen LogP contribution < -0.4 is 19.8 Å². The number of ether oxygens (including phenoxy) is 2. The summed E-state index contributed by atoms with van der Waals surface area (Å²) < 4.78 is 30.5. The number of aryl methyl sites for hydroxylation is 1. The van der Waals surface area contributed by atoms with Gasteiger partial charge < -0.3 is 13.9 Å². The maximum absolute atomic E-state index is 13.9. The zero-order chi connectivity index (χ0) is 23.3. The van der Waals surface area contributed by atoms with Crippen LogP contribution in [0, 0.1) is 12.7 Å². The molecule has 0 spiro atoms. The van der Waals surface area contributed by atoms with E-state index in [-0.39, 0.29) is 22.3 Å². The minimum Gasteiger partial charge on any atom is -0.493 e. The second-order valence-corrected chi connectivity index (χ2v) is 7.70. The molecule has 5 rings (SSSR count). The number of nitrogens with zero attached hydrogens (tertiary/aromatic N) is 2. The van der Waals surface area contributed by atoms with Crippen molar-refractivity contribution in [2.45, 2.75) is 13.0 Å². The van der Waals surface area contributed by atoms with E-state index in [1.54, 1.807) is 30.5 Å². The van der Waals surface area contributed by atoms with Crippen molar-refractivity contribution in [3.8, 4) is 11.5 Å². The lowest BCUT2D eigenvalue weighted by atomic mass is 9.98. The Kier molecular flexibility index (Phi) is 4.85. The van der Waals surface area contributed by atoms with Crippen LogP contribution in [0.5, 0.6) is 11.5 Å². The molecule has 1 aliphatic rings. The largest absolute Gasteiger partial charge is 0.493 e. The lowest BCUT2D eigenvalue weighted by molar-refractivity contribution is 0.0970. The van der Waals surface area contributed by atoms with Crippen molar-refractivity contribution in [2.24, 2.45) is 0 Å². The number of carbonyl (C=O) groups excluding carboxylic acids is 1. The van der Waals surface area contributed by atoms with E-state index in [2.05, 4.69) is 4.98 Å². The van der Waals surface area contributed by atoms with Crippen molar-refractivity contribution >= 4 is 22.7 Å². The number of rotatable bonds is 4. The quantitative estimate of drug-likeness (QED) is 0.462. The third kappa shape index (κ3) is 3.22. The number of fused-ring (bicyclic) bond motifs is 2. The molecule has 33 heavy (non-hydrogen) atoms. The van der Waals surface area contributed by atoms with Gasteiger partial charge in [0.15, 0.2) is 16.9 Å². The van der Waals surface area contributed by atoms with E-state index in [1.165, 1.54) is 31.3 Å². The fourth-order valence-electron chi connectivity index (χ4n) is 4.17. The molecule has 0 aliphatic carbocycles. The first-order chi connectivity index (χ1) is 15.9. The van der Waals surface area contributed by atoms with Crippen LogP contribution in [0.25, 0.3) is 11.0 Å². The van der Waals surface area contributed by atoms with E-state index >= 15 is 0 Å². The van der Waals surface area contributed by atoms with Crippen molar-refractivity contribution in [2.75, 3.05) is 19.1 Å². The molecule has 0 fully saturated rings. The third-order valence-corrected chi connectivity index (χ3v) is 5.70. The van der Waals surface area contributed by atoms with Gasteiger partial charge in [0, 0.05) is 6.20 Å². The molecule has 1 unspecified atom stereocenters. The Morgan fingerprint density at radius 3 is 2.52 bits per heavy atom. The molecule has 166 valence electrons. The van der Waals surface area contributed by atoms with Crippen LogP contribution in [-0.2, 0) is 0 Å². The van der Waals surface area contributed by atoms with Crippen LogP contribution in [0.1, 0.15) is 33.3 Å². The molecule has 0 radical (unpaired) electrons. The summed E-state index contributed by atoms with van der Waals surface area (Å²) in [6.45, 7) is 1.88. The molecule has 7 nitrogen and oxygen atoms in total.